The Kier molecular flexibility index (Phi) is 8.15. The molecule has 7 heteroatoms. The van der Waals surface area contributed by atoms with Crippen molar-refractivity contribution < 1.29 is 23.6 Å². The summed E-state index contributed by atoms with van der Waals surface area (Å²) in [6.45, 7) is 3.79. The zero-order chi connectivity index (χ0) is 21.4. The first-order valence-electron chi connectivity index (χ1n) is 9.60. The second-order valence-corrected chi connectivity index (χ2v) is 6.96. The molecule has 29 heavy (non-hydrogen) atoms. The van der Waals surface area contributed by atoms with Gasteiger partial charge in [-0.15, -0.1) is 0 Å². The lowest BCUT2D eigenvalue weighted by Gasteiger charge is -2.23. The third kappa shape index (κ3) is 6.29. The van der Waals surface area contributed by atoms with E-state index in [1.807, 2.05) is 26.1 Å². The Morgan fingerprint density at radius 3 is 2.34 bits per heavy atom. The maximum atomic E-state index is 13.9. The van der Waals surface area contributed by atoms with Crippen LogP contribution in [0.5, 0.6) is 5.75 Å². The van der Waals surface area contributed by atoms with Crippen LogP contribution in [0.15, 0.2) is 42.5 Å². The third-order valence-corrected chi connectivity index (χ3v) is 4.73. The van der Waals surface area contributed by atoms with Gasteiger partial charge in [-0.05, 0) is 36.8 Å². The van der Waals surface area contributed by atoms with Crippen LogP contribution in [0.25, 0.3) is 0 Å². The number of hydrogen-bond acceptors (Lipinski definition) is 3. The summed E-state index contributed by atoms with van der Waals surface area (Å²) in [5.41, 5.74) is 2.37. The Hall–Kier alpha value is -2.93. The standard InChI is InChI=1S/C22H28FN3O3/c1-5-26(14-17-8-11-20(29-4)19(23)12-17)21(27)15-25(3)13-16-6-9-18(10-7-16)22(28)24-2/h6-12H,5,13-15H2,1-4H3,(H,24,28)/p+1. The van der Waals surface area contributed by atoms with Gasteiger partial charge >= 0.3 is 0 Å². The molecule has 0 aromatic heterocycles. The molecule has 0 spiro atoms. The fraction of sp³-hybridized carbons (Fsp3) is 0.364. The molecular formula is C22H29FN3O3+. The predicted molar refractivity (Wildman–Crippen MR) is 109 cm³/mol. The van der Waals surface area contributed by atoms with Crippen molar-refractivity contribution in [2.45, 2.75) is 20.0 Å². The van der Waals surface area contributed by atoms with Gasteiger partial charge in [-0.25, -0.2) is 4.39 Å². The Bertz CT molecular complexity index is 840. The summed E-state index contributed by atoms with van der Waals surface area (Å²) in [6.07, 6.45) is 0. The molecule has 0 radical (unpaired) electrons. The number of methoxy groups -OCH3 is 1. The highest BCUT2D eigenvalue weighted by Gasteiger charge is 2.18. The molecular weight excluding hydrogens is 373 g/mol. The lowest BCUT2D eigenvalue weighted by atomic mass is 10.1. The topological polar surface area (TPSA) is 63.1 Å². The minimum Gasteiger partial charge on any atom is -0.494 e. The van der Waals surface area contributed by atoms with E-state index in [9.17, 15) is 14.0 Å². The first-order chi connectivity index (χ1) is 13.9. The summed E-state index contributed by atoms with van der Waals surface area (Å²) in [7, 11) is 4.97. The van der Waals surface area contributed by atoms with Crippen molar-refractivity contribution in [3.8, 4) is 5.75 Å². The van der Waals surface area contributed by atoms with Crippen LogP contribution in [-0.4, -0.2) is 51.0 Å². The van der Waals surface area contributed by atoms with E-state index in [0.717, 1.165) is 16.0 Å². The lowest BCUT2D eigenvalue weighted by molar-refractivity contribution is -0.885. The van der Waals surface area contributed by atoms with Crippen LogP contribution in [0.2, 0.25) is 0 Å². The average molecular weight is 402 g/mol. The van der Waals surface area contributed by atoms with Gasteiger partial charge in [0.15, 0.2) is 18.1 Å². The summed E-state index contributed by atoms with van der Waals surface area (Å²) in [4.78, 5) is 27.1. The Morgan fingerprint density at radius 1 is 1.14 bits per heavy atom. The number of nitrogens with zero attached hydrogens (tertiary/aromatic N) is 1. The van der Waals surface area contributed by atoms with E-state index in [2.05, 4.69) is 5.32 Å². The first kappa shape index (κ1) is 22.4. The van der Waals surface area contributed by atoms with Crippen LogP contribution in [0.1, 0.15) is 28.4 Å². The Labute approximate surface area is 171 Å². The van der Waals surface area contributed by atoms with Gasteiger partial charge in [-0.3, -0.25) is 9.59 Å². The monoisotopic (exact) mass is 402 g/mol. The number of hydrogen-bond donors (Lipinski definition) is 2. The molecule has 1 atom stereocenters. The van der Waals surface area contributed by atoms with Crippen molar-refractivity contribution in [2.75, 3.05) is 34.3 Å². The number of halogens is 1. The largest absolute Gasteiger partial charge is 0.494 e. The van der Waals surface area contributed by atoms with Crippen LogP contribution >= 0.6 is 0 Å². The molecule has 0 aliphatic heterocycles. The predicted octanol–water partition coefficient (Wildman–Crippen LogP) is 1.26. The molecule has 1 unspecified atom stereocenters. The molecule has 0 aliphatic rings. The molecule has 156 valence electrons. The third-order valence-electron chi connectivity index (χ3n) is 4.73. The van der Waals surface area contributed by atoms with E-state index in [4.69, 9.17) is 4.74 Å². The summed E-state index contributed by atoms with van der Waals surface area (Å²) in [5, 5.41) is 2.59. The molecule has 2 N–H and O–H groups in total. The number of rotatable bonds is 9. The molecule has 0 aliphatic carbocycles. The molecule has 2 amide bonds. The van der Waals surface area contributed by atoms with Crippen LogP contribution < -0.4 is 15.0 Å². The average Bonchev–Trinajstić information content (AvgIpc) is 2.71. The second kappa shape index (κ2) is 10.6. The fourth-order valence-corrected chi connectivity index (χ4v) is 3.10. The van der Waals surface area contributed by atoms with Crippen molar-refractivity contribution >= 4 is 11.8 Å². The van der Waals surface area contributed by atoms with Crippen LogP contribution in [0.4, 0.5) is 4.39 Å². The van der Waals surface area contributed by atoms with Crippen molar-refractivity contribution in [1.82, 2.24) is 10.2 Å². The Morgan fingerprint density at radius 2 is 1.79 bits per heavy atom. The number of nitrogens with one attached hydrogen (secondary N) is 2. The normalized spacial score (nSPS) is 11.6. The quantitative estimate of drug-likeness (QED) is 0.664. The van der Waals surface area contributed by atoms with Gasteiger partial charge in [-0.1, -0.05) is 18.2 Å². The minimum absolute atomic E-state index is 0.00297. The van der Waals surface area contributed by atoms with E-state index in [1.54, 1.807) is 36.2 Å². The molecule has 0 heterocycles. The smallest absolute Gasteiger partial charge is 0.278 e. The fourth-order valence-electron chi connectivity index (χ4n) is 3.10. The van der Waals surface area contributed by atoms with E-state index in [0.29, 0.717) is 31.7 Å². The maximum Gasteiger partial charge on any atom is 0.278 e. The molecule has 2 aromatic rings. The summed E-state index contributed by atoms with van der Waals surface area (Å²) in [5.74, 6) is -0.365. The first-order valence-corrected chi connectivity index (χ1v) is 9.60. The van der Waals surface area contributed by atoms with Gasteiger partial charge in [0.1, 0.15) is 6.54 Å². The SMILES string of the molecule is CCN(Cc1ccc(OC)c(F)c1)C(=O)C[NH+](C)Cc1ccc(C(=O)NC)cc1. The number of likely N-dealkylation sites (N-methyl/N-ethyl adjacent to an activating group) is 2. The zero-order valence-corrected chi connectivity index (χ0v) is 17.4. The summed E-state index contributed by atoms with van der Waals surface area (Å²) >= 11 is 0. The van der Waals surface area contributed by atoms with E-state index >= 15 is 0 Å². The summed E-state index contributed by atoms with van der Waals surface area (Å²) in [6, 6.07) is 12.1. The zero-order valence-electron chi connectivity index (χ0n) is 17.4. The van der Waals surface area contributed by atoms with Gasteiger partial charge in [0.25, 0.3) is 11.8 Å². The number of carbonyl (C=O) groups is 2. The minimum atomic E-state index is -0.434. The molecule has 6 nitrogen and oxygen atoms in total. The van der Waals surface area contributed by atoms with Crippen molar-refractivity contribution in [3.05, 3.63) is 65.0 Å². The molecule has 0 bridgehead atoms. The number of amides is 2. The van der Waals surface area contributed by atoms with Gasteiger partial charge in [0, 0.05) is 31.3 Å². The van der Waals surface area contributed by atoms with Crippen molar-refractivity contribution in [1.29, 1.82) is 0 Å². The van der Waals surface area contributed by atoms with Gasteiger partial charge in [0.05, 0.1) is 14.2 Å². The lowest BCUT2D eigenvalue weighted by Crippen LogP contribution is -3.08. The van der Waals surface area contributed by atoms with Gasteiger partial charge in [0.2, 0.25) is 0 Å². The van der Waals surface area contributed by atoms with Crippen LogP contribution in [-0.2, 0) is 17.9 Å². The Balaban J connectivity index is 1.94. The van der Waals surface area contributed by atoms with Gasteiger partial charge < -0.3 is 19.9 Å². The highest BCUT2D eigenvalue weighted by Crippen LogP contribution is 2.18. The summed E-state index contributed by atoms with van der Waals surface area (Å²) < 4.78 is 18.8. The number of quaternary nitrogens is 1. The van der Waals surface area contributed by atoms with Crippen molar-refractivity contribution in [3.63, 3.8) is 0 Å². The highest BCUT2D eigenvalue weighted by molar-refractivity contribution is 5.93. The molecule has 0 saturated carbocycles. The second-order valence-electron chi connectivity index (χ2n) is 6.96. The van der Waals surface area contributed by atoms with Crippen molar-refractivity contribution in [2.24, 2.45) is 0 Å². The van der Waals surface area contributed by atoms with Gasteiger partial charge in [-0.2, -0.15) is 0 Å². The van der Waals surface area contributed by atoms with E-state index in [-0.39, 0.29) is 17.6 Å². The highest BCUT2D eigenvalue weighted by atomic mass is 19.1. The molecule has 2 rings (SSSR count). The van der Waals surface area contributed by atoms with Crippen LogP contribution in [0.3, 0.4) is 0 Å². The molecule has 2 aromatic carbocycles. The number of ether oxygens (including phenoxy) is 1. The van der Waals surface area contributed by atoms with E-state index < -0.39 is 5.82 Å². The number of carbonyl (C=O) groups excluding carboxylic acids is 2. The maximum absolute atomic E-state index is 13.9. The van der Waals surface area contributed by atoms with Crippen LogP contribution in [0, 0.1) is 5.82 Å². The molecule has 0 saturated heterocycles. The van der Waals surface area contributed by atoms with E-state index in [1.165, 1.54) is 13.2 Å². The molecule has 0 fully saturated rings. The number of benzene rings is 2.